The summed E-state index contributed by atoms with van der Waals surface area (Å²) in [6.45, 7) is 4.28. The molecule has 5 rings (SSSR count). The first-order valence-corrected chi connectivity index (χ1v) is 13.1. The third-order valence-electron chi connectivity index (χ3n) is 6.38. The molecular weight excluding hydrogens is 512 g/mol. The highest BCUT2D eigenvalue weighted by Crippen LogP contribution is 2.33. The predicted octanol–water partition coefficient (Wildman–Crippen LogP) is 5.34. The molecule has 0 spiro atoms. The number of hydrogen-bond donors (Lipinski definition) is 2. The van der Waals surface area contributed by atoms with Crippen molar-refractivity contribution in [2.75, 3.05) is 6.61 Å². The summed E-state index contributed by atoms with van der Waals surface area (Å²) in [5.41, 5.74) is 2.94. The van der Waals surface area contributed by atoms with Gasteiger partial charge >= 0.3 is 5.97 Å². The molecule has 2 aromatic heterocycles. The summed E-state index contributed by atoms with van der Waals surface area (Å²) in [5.74, 6) is -0.0904. The quantitative estimate of drug-likeness (QED) is 0.167. The zero-order valence-electron chi connectivity index (χ0n) is 22.1. The van der Waals surface area contributed by atoms with Gasteiger partial charge in [0.15, 0.2) is 5.52 Å². The molecule has 11 nitrogen and oxygen atoms in total. The van der Waals surface area contributed by atoms with Crippen molar-refractivity contribution in [1.29, 1.82) is 0 Å². The third kappa shape index (κ3) is 5.26. The normalized spacial score (nSPS) is 11.1. The van der Waals surface area contributed by atoms with Gasteiger partial charge in [0.2, 0.25) is 11.3 Å². The van der Waals surface area contributed by atoms with Crippen LogP contribution >= 0.6 is 0 Å². The van der Waals surface area contributed by atoms with Gasteiger partial charge in [-0.25, -0.2) is 4.79 Å². The smallest absolute Gasteiger partial charge is 0.341 e. The molecule has 2 N–H and O–H groups in total. The van der Waals surface area contributed by atoms with E-state index >= 15 is 0 Å². The van der Waals surface area contributed by atoms with Crippen molar-refractivity contribution in [1.82, 2.24) is 25.6 Å². The number of hydrogen-bond acceptors (Lipinski definition) is 8. The molecule has 0 fully saturated rings. The number of aromatic amines is 1. The Morgan fingerprint density at radius 1 is 1.02 bits per heavy atom. The highest BCUT2D eigenvalue weighted by molar-refractivity contribution is 6.03. The Kier molecular flexibility index (Phi) is 7.81. The molecule has 0 atom stereocenters. The Morgan fingerprint density at radius 3 is 2.48 bits per heavy atom. The van der Waals surface area contributed by atoms with Gasteiger partial charge in [-0.3, -0.25) is 0 Å². The van der Waals surface area contributed by atoms with Gasteiger partial charge in [-0.05, 0) is 47.4 Å². The van der Waals surface area contributed by atoms with Crippen LogP contribution in [0.4, 0.5) is 0 Å². The molecule has 0 radical (unpaired) electrons. The minimum Gasteiger partial charge on any atom is -0.618 e. The molecule has 5 aromatic rings. The van der Waals surface area contributed by atoms with Crippen LogP contribution in [0.5, 0.6) is 17.4 Å². The van der Waals surface area contributed by atoms with Crippen LogP contribution in [0.3, 0.4) is 0 Å². The molecular formula is C29H28N6O5. The van der Waals surface area contributed by atoms with Crippen molar-refractivity contribution in [3.8, 4) is 39.9 Å². The second-order valence-electron chi connectivity index (χ2n) is 9.13. The number of fused-ring (bicyclic) bond motifs is 1. The van der Waals surface area contributed by atoms with E-state index in [2.05, 4.69) is 25.6 Å². The van der Waals surface area contributed by atoms with Gasteiger partial charge in [-0.1, -0.05) is 56.7 Å². The Balaban J connectivity index is 1.55. The molecule has 0 aliphatic rings. The molecule has 0 bridgehead atoms. The Morgan fingerprint density at radius 2 is 1.80 bits per heavy atom. The fraction of sp³-hybridized carbons (Fsp3) is 0.241. The first-order valence-electron chi connectivity index (χ1n) is 13.1. The van der Waals surface area contributed by atoms with Crippen LogP contribution in [0.15, 0.2) is 60.7 Å². The van der Waals surface area contributed by atoms with E-state index in [0.717, 1.165) is 34.3 Å². The number of carbonyl (C=O) groups is 1. The maximum atomic E-state index is 13.5. The number of carboxylic acids is 1. The molecule has 0 aliphatic heterocycles. The number of nitrogens with one attached hydrogen (secondary N) is 1. The maximum absolute atomic E-state index is 13.5. The fourth-order valence-corrected chi connectivity index (χ4v) is 4.43. The standard InChI is InChI=1S/C29H28N6O5/c1-3-5-10-23-28(30-26-22(35(23)38)15-16-24(39-17-4-2)25(26)29(36)37)40-19-13-11-18(12-14-19)20-8-6-7-9-21(20)27-31-33-34-32-27/h6-9,11-16H,3-5,10,17H2,1-2H3,(H,36,37)(H,31,32,33,34). The van der Waals surface area contributed by atoms with Gasteiger partial charge in [0.1, 0.15) is 17.1 Å². The fourth-order valence-electron chi connectivity index (χ4n) is 4.43. The van der Waals surface area contributed by atoms with E-state index in [1.54, 1.807) is 18.2 Å². The van der Waals surface area contributed by atoms with Crippen LogP contribution < -0.4 is 14.2 Å². The van der Waals surface area contributed by atoms with Crippen LogP contribution in [-0.2, 0) is 6.42 Å². The highest BCUT2D eigenvalue weighted by Gasteiger charge is 2.27. The lowest BCUT2D eigenvalue weighted by Gasteiger charge is -2.15. The lowest BCUT2D eigenvalue weighted by atomic mass is 9.99. The van der Waals surface area contributed by atoms with Crippen molar-refractivity contribution in [2.24, 2.45) is 0 Å². The van der Waals surface area contributed by atoms with Crippen LogP contribution in [0.25, 0.3) is 33.5 Å². The summed E-state index contributed by atoms with van der Waals surface area (Å²) in [5, 5.41) is 37.8. The van der Waals surface area contributed by atoms with Crippen LogP contribution in [-0.4, -0.2) is 43.3 Å². The monoisotopic (exact) mass is 540 g/mol. The number of carboxylic acid groups (broad SMARTS) is 1. The van der Waals surface area contributed by atoms with E-state index in [0.29, 0.717) is 36.7 Å². The van der Waals surface area contributed by atoms with Crippen molar-refractivity contribution < 1.29 is 24.1 Å². The summed E-state index contributed by atoms with van der Waals surface area (Å²) >= 11 is 0. The van der Waals surface area contributed by atoms with Gasteiger partial charge in [0.25, 0.3) is 11.6 Å². The SMILES string of the molecule is CCCCc1c(Oc2ccc(-c3ccccc3-c3nn[nH]n3)cc2)nc2c(C(=O)O)c(OCCC)ccc2[n+]1[O-]. The van der Waals surface area contributed by atoms with Crippen LogP contribution in [0, 0.1) is 5.21 Å². The van der Waals surface area contributed by atoms with E-state index < -0.39 is 5.97 Å². The number of aromatic nitrogens is 6. The number of ether oxygens (including phenoxy) is 2. The predicted molar refractivity (Wildman–Crippen MR) is 147 cm³/mol. The van der Waals surface area contributed by atoms with E-state index in [1.807, 2.05) is 50.2 Å². The van der Waals surface area contributed by atoms with Crippen LogP contribution in [0.1, 0.15) is 49.2 Å². The zero-order chi connectivity index (χ0) is 28.1. The average molecular weight is 541 g/mol. The molecule has 0 amide bonds. The summed E-state index contributed by atoms with van der Waals surface area (Å²) in [4.78, 5) is 16.8. The number of aromatic carboxylic acids is 1. The van der Waals surface area contributed by atoms with Crippen LogP contribution in [0.2, 0.25) is 0 Å². The largest absolute Gasteiger partial charge is 0.618 e. The van der Waals surface area contributed by atoms with E-state index in [1.165, 1.54) is 6.07 Å². The van der Waals surface area contributed by atoms with Gasteiger partial charge in [-0.2, -0.15) is 14.9 Å². The Bertz CT molecular complexity index is 1640. The molecule has 0 saturated heterocycles. The number of unbranched alkanes of at least 4 members (excludes halogenated alkanes) is 1. The zero-order valence-corrected chi connectivity index (χ0v) is 22.1. The maximum Gasteiger partial charge on any atom is 0.341 e. The van der Waals surface area contributed by atoms with Gasteiger partial charge in [0.05, 0.1) is 6.61 Å². The third-order valence-corrected chi connectivity index (χ3v) is 6.38. The van der Waals surface area contributed by atoms with Gasteiger partial charge in [-0.15, -0.1) is 10.2 Å². The minimum absolute atomic E-state index is 0.0111. The number of nitrogens with zero attached hydrogens (tertiary/aromatic N) is 5. The summed E-state index contributed by atoms with van der Waals surface area (Å²) in [7, 11) is 0. The summed E-state index contributed by atoms with van der Waals surface area (Å²) in [6, 6.07) is 18.0. The van der Waals surface area contributed by atoms with E-state index in [4.69, 9.17) is 9.47 Å². The first-order chi connectivity index (χ1) is 19.5. The Hall–Kier alpha value is -5.06. The molecule has 40 heavy (non-hydrogen) atoms. The second-order valence-corrected chi connectivity index (χ2v) is 9.13. The number of rotatable bonds is 11. The lowest BCUT2D eigenvalue weighted by Crippen LogP contribution is -2.34. The van der Waals surface area contributed by atoms with Gasteiger partial charge < -0.3 is 19.8 Å². The lowest BCUT2D eigenvalue weighted by molar-refractivity contribution is -0.586. The number of benzene rings is 3. The van der Waals surface area contributed by atoms with Crippen molar-refractivity contribution >= 4 is 17.0 Å². The second kappa shape index (κ2) is 11.8. The molecule has 2 heterocycles. The molecule has 11 heteroatoms. The Labute approximate surface area is 230 Å². The van der Waals surface area contributed by atoms with E-state index in [-0.39, 0.29) is 28.2 Å². The summed E-state index contributed by atoms with van der Waals surface area (Å²) in [6.07, 6.45) is 2.72. The van der Waals surface area contributed by atoms with Crippen molar-refractivity contribution in [3.63, 3.8) is 0 Å². The molecule has 0 unspecified atom stereocenters. The first kappa shape index (κ1) is 26.5. The average Bonchev–Trinajstić information content (AvgIpc) is 3.51. The number of tetrazole rings is 1. The molecule has 3 aromatic carbocycles. The van der Waals surface area contributed by atoms with Crippen molar-refractivity contribution in [3.05, 3.63) is 77.1 Å². The highest BCUT2D eigenvalue weighted by atomic mass is 16.5. The number of H-pyrrole nitrogens is 1. The molecule has 0 aliphatic carbocycles. The van der Waals surface area contributed by atoms with Gasteiger partial charge in [0, 0.05) is 18.1 Å². The van der Waals surface area contributed by atoms with Crippen molar-refractivity contribution in [2.45, 2.75) is 39.5 Å². The van der Waals surface area contributed by atoms with E-state index in [9.17, 15) is 15.1 Å². The molecule has 204 valence electrons. The minimum atomic E-state index is -1.24. The summed E-state index contributed by atoms with van der Waals surface area (Å²) < 4.78 is 12.5. The topological polar surface area (TPSA) is 150 Å². The molecule has 0 saturated carbocycles.